The molecule has 2 rings (SSSR count). The average Bonchev–Trinajstić information content (AvgIpc) is 2.33. The molecule has 3 nitrogen and oxygen atoms in total. The number of aromatic nitrogens is 2. The third-order valence-corrected chi connectivity index (χ3v) is 3.18. The predicted octanol–water partition coefficient (Wildman–Crippen LogP) is 3.00. The fourth-order valence-corrected chi connectivity index (χ4v) is 2.27. The Balaban J connectivity index is 1.69. The number of halogens is 1. The number of anilines is 1. The maximum absolute atomic E-state index is 12.5. The summed E-state index contributed by atoms with van der Waals surface area (Å²) in [5, 5.41) is 3.13. The zero-order chi connectivity index (χ0) is 11.2. The fourth-order valence-electron chi connectivity index (χ4n) is 2.27. The molecule has 0 aliphatic heterocycles. The first kappa shape index (κ1) is 11.3. The van der Waals surface area contributed by atoms with Gasteiger partial charge < -0.3 is 5.32 Å². The van der Waals surface area contributed by atoms with Gasteiger partial charge in [-0.05, 0) is 12.3 Å². The van der Waals surface area contributed by atoms with Gasteiger partial charge in [-0.3, -0.25) is 0 Å². The molecular weight excluding hydrogens is 205 g/mol. The van der Waals surface area contributed by atoms with Crippen LogP contribution >= 0.6 is 0 Å². The molecule has 0 aromatic carbocycles. The quantitative estimate of drug-likeness (QED) is 0.852. The Morgan fingerprint density at radius 1 is 1.19 bits per heavy atom. The Hall–Kier alpha value is -1.19. The Labute approximate surface area is 95.5 Å². The van der Waals surface area contributed by atoms with E-state index in [2.05, 4.69) is 15.3 Å². The van der Waals surface area contributed by atoms with Crippen LogP contribution in [0.15, 0.2) is 12.4 Å². The van der Waals surface area contributed by atoms with E-state index in [1.807, 2.05) is 0 Å². The van der Waals surface area contributed by atoms with Gasteiger partial charge in [-0.1, -0.05) is 32.1 Å². The molecule has 1 N–H and O–H groups in total. The topological polar surface area (TPSA) is 37.8 Å². The Morgan fingerprint density at radius 2 is 1.88 bits per heavy atom. The summed E-state index contributed by atoms with van der Waals surface area (Å²) in [6.07, 6.45) is 10.4. The first-order valence-corrected chi connectivity index (χ1v) is 6.06. The van der Waals surface area contributed by atoms with E-state index in [-0.39, 0.29) is 0 Å². The van der Waals surface area contributed by atoms with Gasteiger partial charge >= 0.3 is 0 Å². The van der Waals surface area contributed by atoms with E-state index in [0.717, 1.165) is 12.5 Å². The summed E-state index contributed by atoms with van der Waals surface area (Å²) >= 11 is 0. The molecule has 1 aromatic heterocycles. The molecule has 16 heavy (non-hydrogen) atoms. The summed E-state index contributed by atoms with van der Waals surface area (Å²) in [5.41, 5.74) is 0. The summed E-state index contributed by atoms with van der Waals surface area (Å²) in [7, 11) is 0. The Morgan fingerprint density at radius 3 is 2.56 bits per heavy atom. The van der Waals surface area contributed by atoms with Crippen LogP contribution in [0.4, 0.5) is 10.3 Å². The first-order chi connectivity index (χ1) is 7.84. The lowest BCUT2D eigenvalue weighted by Crippen LogP contribution is -2.13. The third-order valence-electron chi connectivity index (χ3n) is 3.18. The zero-order valence-corrected chi connectivity index (χ0v) is 9.45. The molecular formula is C12H18FN3. The SMILES string of the molecule is Fc1cnc(NCCC2CCCCC2)nc1. The van der Waals surface area contributed by atoms with Gasteiger partial charge in [0.05, 0.1) is 12.4 Å². The van der Waals surface area contributed by atoms with E-state index >= 15 is 0 Å². The lowest BCUT2D eigenvalue weighted by molar-refractivity contribution is 0.345. The van der Waals surface area contributed by atoms with Gasteiger partial charge in [0.1, 0.15) is 0 Å². The van der Waals surface area contributed by atoms with Crippen molar-refractivity contribution in [1.82, 2.24) is 9.97 Å². The molecule has 0 amide bonds. The summed E-state index contributed by atoms with van der Waals surface area (Å²) in [4.78, 5) is 7.73. The van der Waals surface area contributed by atoms with Gasteiger partial charge in [-0.25, -0.2) is 14.4 Å². The van der Waals surface area contributed by atoms with Crippen LogP contribution in [0.3, 0.4) is 0 Å². The second kappa shape index (κ2) is 5.77. The van der Waals surface area contributed by atoms with E-state index in [9.17, 15) is 4.39 Å². The number of nitrogens with zero attached hydrogens (tertiary/aromatic N) is 2. The van der Waals surface area contributed by atoms with Gasteiger partial charge in [0, 0.05) is 6.54 Å². The molecule has 0 unspecified atom stereocenters. The van der Waals surface area contributed by atoms with Gasteiger partial charge in [0.25, 0.3) is 0 Å². The van der Waals surface area contributed by atoms with Crippen LogP contribution in [-0.4, -0.2) is 16.5 Å². The zero-order valence-electron chi connectivity index (χ0n) is 9.45. The molecule has 0 atom stereocenters. The highest BCUT2D eigenvalue weighted by Gasteiger charge is 2.12. The van der Waals surface area contributed by atoms with E-state index in [1.165, 1.54) is 50.9 Å². The largest absolute Gasteiger partial charge is 0.354 e. The van der Waals surface area contributed by atoms with Crippen molar-refractivity contribution in [2.24, 2.45) is 5.92 Å². The molecule has 0 saturated heterocycles. The monoisotopic (exact) mass is 223 g/mol. The van der Waals surface area contributed by atoms with Crippen molar-refractivity contribution in [2.75, 3.05) is 11.9 Å². The number of rotatable bonds is 4. The van der Waals surface area contributed by atoms with Crippen LogP contribution in [0.1, 0.15) is 38.5 Å². The molecule has 1 aliphatic carbocycles. The highest BCUT2D eigenvalue weighted by molar-refractivity contribution is 5.21. The van der Waals surface area contributed by atoms with Crippen molar-refractivity contribution < 1.29 is 4.39 Å². The smallest absolute Gasteiger partial charge is 0.222 e. The molecule has 1 aromatic rings. The van der Waals surface area contributed by atoms with Gasteiger partial charge in [-0.2, -0.15) is 0 Å². The van der Waals surface area contributed by atoms with E-state index in [4.69, 9.17) is 0 Å². The minimum atomic E-state index is -0.391. The van der Waals surface area contributed by atoms with Crippen molar-refractivity contribution >= 4 is 5.95 Å². The van der Waals surface area contributed by atoms with Gasteiger partial charge in [-0.15, -0.1) is 0 Å². The summed E-state index contributed by atoms with van der Waals surface area (Å²) in [6, 6.07) is 0. The molecule has 1 heterocycles. The van der Waals surface area contributed by atoms with Crippen LogP contribution in [0.25, 0.3) is 0 Å². The number of hydrogen-bond donors (Lipinski definition) is 1. The van der Waals surface area contributed by atoms with E-state index in [1.54, 1.807) is 0 Å². The first-order valence-electron chi connectivity index (χ1n) is 6.06. The van der Waals surface area contributed by atoms with Crippen molar-refractivity contribution in [3.8, 4) is 0 Å². The Bertz CT molecular complexity index is 307. The molecule has 0 radical (unpaired) electrons. The highest BCUT2D eigenvalue weighted by atomic mass is 19.1. The Kier molecular flexibility index (Phi) is 4.08. The van der Waals surface area contributed by atoms with Gasteiger partial charge in [0.2, 0.25) is 5.95 Å². The predicted molar refractivity (Wildman–Crippen MR) is 61.7 cm³/mol. The number of hydrogen-bond acceptors (Lipinski definition) is 3. The van der Waals surface area contributed by atoms with Crippen molar-refractivity contribution in [3.05, 3.63) is 18.2 Å². The standard InChI is InChI=1S/C12H18FN3/c13-11-8-15-12(16-9-11)14-7-6-10-4-2-1-3-5-10/h8-10H,1-7H2,(H,14,15,16). The minimum absolute atomic E-state index is 0.391. The summed E-state index contributed by atoms with van der Waals surface area (Å²) in [6.45, 7) is 0.885. The maximum Gasteiger partial charge on any atom is 0.222 e. The van der Waals surface area contributed by atoms with Crippen molar-refractivity contribution in [2.45, 2.75) is 38.5 Å². The lowest BCUT2D eigenvalue weighted by atomic mass is 9.87. The van der Waals surface area contributed by atoms with Crippen LogP contribution in [0.2, 0.25) is 0 Å². The normalized spacial score (nSPS) is 17.3. The molecule has 1 fully saturated rings. The number of nitrogens with one attached hydrogen (secondary N) is 1. The van der Waals surface area contributed by atoms with E-state index < -0.39 is 5.82 Å². The molecule has 88 valence electrons. The van der Waals surface area contributed by atoms with E-state index in [0.29, 0.717) is 5.95 Å². The molecule has 0 bridgehead atoms. The molecule has 1 saturated carbocycles. The second-order valence-corrected chi connectivity index (χ2v) is 4.44. The summed E-state index contributed by atoms with van der Waals surface area (Å²) in [5.74, 6) is 0.983. The van der Waals surface area contributed by atoms with Crippen LogP contribution in [-0.2, 0) is 0 Å². The molecule has 4 heteroatoms. The fraction of sp³-hybridized carbons (Fsp3) is 0.667. The van der Waals surface area contributed by atoms with Crippen LogP contribution < -0.4 is 5.32 Å². The summed E-state index contributed by atoms with van der Waals surface area (Å²) < 4.78 is 12.5. The lowest BCUT2D eigenvalue weighted by Gasteiger charge is -2.21. The second-order valence-electron chi connectivity index (χ2n) is 4.44. The van der Waals surface area contributed by atoms with Crippen LogP contribution in [0, 0.1) is 11.7 Å². The van der Waals surface area contributed by atoms with Crippen LogP contribution in [0.5, 0.6) is 0 Å². The van der Waals surface area contributed by atoms with Crippen molar-refractivity contribution in [1.29, 1.82) is 0 Å². The average molecular weight is 223 g/mol. The minimum Gasteiger partial charge on any atom is -0.354 e. The third kappa shape index (κ3) is 3.43. The molecule has 0 spiro atoms. The van der Waals surface area contributed by atoms with Gasteiger partial charge in [0.15, 0.2) is 5.82 Å². The highest BCUT2D eigenvalue weighted by Crippen LogP contribution is 2.25. The maximum atomic E-state index is 12.5. The van der Waals surface area contributed by atoms with Crippen molar-refractivity contribution in [3.63, 3.8) is 0 Å². The molecule has 1 aliphatic rings.